The van der Waals surface area contributed by atoms with E-state index >= 15 is 0 Å². The first-order valence-electron chi connectivity index (χ1n) is 10.8. The third-order valence-corrected chi connectivity index (χ3v) is 5.95. The van der Waals surface area contributed by atoms with Gasteiger partial charge in [-0.1, -0.05) is 36.6 Å². The number of para-hydroxylation sites is 2. The molecule has 192 valence electrons. The van der Waals surface area contributed by atoms with Crippen molar-refractivity contribution in [1.29, 1.82) is 0 Å². The number of anilines is 2. The lowest BCUT2D eigenvalue weighted by Gasteiger charge is -2.22. The molecule has 0 amide bonds. The molecule has 6 N–H and O–H groups in total. The van der Waals surface area contributed by atoms with Crippen molar-refractivity contribution in [1.82, 2.24) is 0 Å². The number of nitrogens with two attached hydrogens (primary N) is 2. The number of benzene rings is 2. The smallest absolute Gasteiger partial charge is 0.363 e. The van der Waals surface area contributed by atoms with Gasteiger partial charge in [-0.05, 0) is 54.7 Å². The average Bonchev–Trinajstić information content (AvgIpc) is 2.87. The highest BCUT2D eigenvalue weighted by Crippen LogP contribution is 2.36. The van der Waals surface area contributed by atoms with E-state index in [0.29, 0.717) is 34.4 Å². The quantitative estimate of drug-likeness (QED) is 0.226. The molecule has 1 atom stereocenters. The Bertz CT molecular complexity index is 925. The van der Waals surface area contributed by atoms with Gasteiger partial charge in [-0.25, -0.2) is 0 Å². The summed E-state index contributed by atoms with van der Waals surface area (Å²) in [5.41, 5.74) is 7.87. The maximum Gasteiger partial charge on any atom is 0.363 e. The topological polar surface area (TPSA) is 130 Å². The second-order valence-corrected chi connectivity index (χ2v) is 8.90. The van der Waals surface area contributed by atoms with Gasteiger partial charge in [0.15, 0.2) is 5.31 Å². The van der Waals surface area contributed by atoms with Gasteiger partial charge in [0.05, 0.1) is 28.4 Å². The van der Waals surface area contributed by atoms with E-state index in [0.717, 1.165) is 11.7 Å². The minimum Gasteiger partial charge on any atom is -0.494 e. The number of nitrogens with one attached hydrogen (secondary N) is 2. The predicted molar refractivity (Wildman–Crippen MR) is 144 cm³/mol. The third kappa shape index (κ3) is 8.79. The van der Waals surface area contributed by atoms with E-state index in [9.17, 15) is 4.57 Å². The Morgan fingerprint density at radius 1 is 0.800 bits per heavy atom. The molecule has 10 heteroatoms. The van der Waals surface area contributed by atoms with Gasteiger partial charge in [-0.3, -0.25) is 11.7 Å². The Kier molecular flexibility index (Phi) is 12.7. The van der Waals surface area contributed by atoms with Gasteiger partial charge in [-0.2, -0.15) is 0 Å². The molecule has 35 heavy (non-hydrogen) atoms. The van der Waals surface area contributed by atoms with Crippen molar-refractivity contribution in [3.63, 3.8) is 0 Å². The van der Waals surface area contributed by atoms with Crippen molar-refractivity contribution in [3.05, 3.63) is 59.4 Å². The summed E-state index contributed by atoms with van der Waals surface area (Å²) in [6, 6.07) is 10.9. The zero-order chi connectivity index (χ0) is 26.4. The van der Waals surface area contributed by atoms with Crippen molar-refractivity contribution >= 4 is 19.8 Å². The average molecular weight is 506 g/mol. The van der Waals surface area contributed by atoms with Crippen LogP contribution in [0.4, 0.5) is 11.4 Å². The normalized spacial score (nSPS) is 13.5. The first-order chi connectivity index (χ1) is 16.7. The third-order valence-electron chi connectivity index (χ3n) is 5.14. The fraction of sp³-hybridized carbons (Fsp3) is 0.360. The first-order valence-corrected chi connectivity index (χ1v) is 11.7. The minimum absolute atomic E-state index is 0.257. The van der Waals surface area contributed by atoms with Gasteiger partial charge < -0.3 is 29.8 Å². The molecule has 0 spiro atoms. The summed E-state index contributed by atoms with van der Waals surface area (Å²) >= 11 is 0. The number of allylic oxidation sites excluding steroid dienone is 4. The van der Waals surface area contributed by atoms with Crippen LogP contribution in [-0.4, -0.2) is 28.4 Å². The Hall–Kier alpha value is -3.26. The fourth-order valence-corrected chi connectivity index (χ4v) is 3.81. The standard InChI is InChI=1S/C9H13OP.2C8H12N2O2/c1-7-6-9(2,3)5-4-8(7)11-10;2*1-11-6-4-3-5-7(12-2)8(6)10-9/h4-5H,6H2,1-3H3;2*3-5,10H,9H2,1-2H3/p+1. The lowest BCUT2D eigenvalue weighted by Crippen LogP contribution is -2.11. The lowest BCUT2D eigenvalue weighted by molar-refractivity contribution is 0.397. The minimum atomic E-state index is -0.294. The van der Waals surface area contributed by atoms with Crippen molar-refractivity contribution in [3.8, 4) is 23.0 Å². The zero-order valence-electron chi connectivity index (χ0n) is 21.5. The Morgan fingerprint density at radius 3 is 1.43 bits per heavy atom. The van der Waals surface area contributed by atoms with Crippen molar-refractivity contribution in [2.45, 2.75) is 27.2 Å². The summed E-state index contributed by atoms with van der Waals surface area (Å²) < 4.78 is 30.8. The van der Waals surface area contributed by atoms with E-state index in [1.54, 1.807) is 52.7 Å². The van der Waals surface area contributed by atoms with E-state index in [4.69, 9.17) is 30.6 Å². The maximum absolute atomic E-state index is 10.6. The van der Waals surface area contributed by atoms with Crippen LogP contribution < -0.4 is 41.5 Å². The van der Waals surface area contributed by atoms with E-state index in [2.05, 4.69) is 37.7 Å². The summed E-state index contributed by atoms with van der Waals surface area (Å²) in [6.45, 7) is 6.45. The summed E-state index contributed by atoms with van der Waals surface area (Å²) in [5, 5.41) is 1.00. The van der Waals surface area contributed by atoms with E-state index < -0.39 is 0 Å². The number of ether oxygens (including phenoxy) is 4. The maximum atomic E-state index is 10.6. The van der Waals surface area contributed by atoms with Crippen molar-refractivity contribution < 1.29 is 23.5 Å². The van der Waals surface area contributed by atoms with Crippen molar-refractivity contribution in [2.24, 2.45) is 17.1 Å². The van der Waals surface area contributed by atoms with Crippen LogP contribution in [0, 0.1) is 5.41 Å². The van der Waals surface area contributed by atoms with Gasteiger partial charge in [0, 0.05) is 0 Å². The summed E-state index contributed by atoms with van der Waals surface area (Å²) in [6.07, 6.45) is 5.17. The molecule has 0 heterocycles. The number of rotatable bonds is 7. The summed E-state index contributed by atoms with van der Waals surface area (Å²) in [4.78, 5) is 0. The van der Waals surface area contributed by atoms with Crippen LogP contribution in [0.3, 0.4) is 0 Å². The van der Waals surface area contributed by atoms with Crippen LogP contribution in [0.2, 0.25) is 0 Å². The van der Waals surface area contributed by atoms with E-state index in [1.165, 1.54) is 5.57 Å². The highest BCUT2D eigenvalue weighted by Gasteiger charge is 2.23. The molecule has 0 aliphatic heterocycles. The van der Waals surface area contributed by atoms with E-state index in [-0.39, 0.29) is 13.9 Å². The lowest BCUT2D eigenvalue weighted by atomic mass is 9.82. The summed E-state index contributed by atoms with van der Waals surface area (Å²) in [5.74, 6) is 13.2. The Labute approximate surface area is 209 Å². The molecule has 2 aromatic rings. The molecule has 1 unspecified atom stereocenters. The largest absolute Gasteiger partial charge is 0.494 e. The second-order valence-electron chi connectivity index (χ2n) is 8.16. The monoisotopic (exact) mass is 505 g/mol. The van der Waals surface area contributed by atoms with Crippen molar-refractivity contribution in [2.75, 3.05) is 39.3 Å². The fourth-order valence-electron chi connectivity index (χ4n) is 3.40. The van der Waals surface area contributed by atoms with Crippen LogP contribution in [-0.2, 0) is 4.57 Å². The Balaban J connectivity index is 0.000000263. The second kappa shape index (κ2) is 14.9. The molecule has 0 saturated carbocycles. The number of hydrazine groups is 2. The molecule has 1 aliphatic carbocycles. The highest BCUT2D eigenvalue weighted by molar-refractivity contribution is 7.29. The molecule has 3 rings (SSSR count). The number of methoxy groups -OCH3 is 4. The predicted octanol–water partition coefficient (Wildman–Crippen LogP) is 5.25. The highest BCUT2D eigenvalue weighted by atomic mass is 31.1. The van der Waals surface area contributed by atoms with Crippen LogP contribution in [0.5, 0.6) is 23.0 Å². The molecule has 0 aromatic heterocycles. The molecular weight excluding hydrogens is 467 g/mol. The number of nitrogen functional groups attached to an aromatic ring is 2. The van der Waals surface area contributed by atoms with Crippen LogP contribution in [0.25, 0.3) is 0 Å². The van der Waals surface area contributed by atoms with Gasteiger partial charge in [0.1, 0.15) is 34.4 Å². The molecule has 1 aliphatic rings. The van der Waals surface area contributed by atoms with Gasteiger partial charge in [-0.15, -0.1) is 0 Å². The van der Waals surface area contributed by atoms with Crippen LogP contribution in [0.1, 0.15) is 27.2 Å². The Morgan fingerprint density at radius 2 is 1.17 bits per heavy atom. The molecule has 9 nitrogen and oxygen atoms in total. The molecule has 0 fully saturated rings. The van der Waals surface area contributed by atoms with Crippen LogP contribution >= 0.6 is 8.46 Å². The number of hydrogen-bond acceptors (Lipinski definition) is 9. The van der Waals surface area contributed by atoms with E-state index in [1.807, 2.05) is 18.2 Å². The first kappa shape index (κ1) is 29.8. The summed E-state index contributed by atoms with van der Waals surface area (Å²) in [7, 11) is 6.02. The molecular formula is C25H38N4O5P+. The SMILES string of the molecule is CC1=C([PH+]=O)C=CC(C)(C)C1.COc1cccc(OC)c1NN.COc1cccc(OC)c1NN. The van der Waals surface area contributed by atoms with Gasteiger partial charge >= 0.3 is 8.46 Å². The molecule has 0 saturated heterocycles. The number of hydrogen-bond donors (Lipinski definition) is 4. The van der Waals surface area contributed by atoms with Gasteiger partial charge in [0.25, 0.3) is 0 Å². The zero-order valence-corrected chi connectivity index (χ0v) is 22.5. The molecule has 0 bridgehead atoms. The molecule has 0 radical (unpaired) electrons. The molecule has 2 aromatic carbocycles. The van der Waals surface area contributed by atoms with Crippen LogP contribution in [0.15, 0.2) is 59.4 Å². The van der Waals surface area contributed by atoms with Gasteiger partial charge in [0.2, 0.25) is 0 Å².